The zero-order chi connectivity index (χ0) is 18.4. The fourth-order valence-corrected chi connectivity index (χ4v) is 3.50. The highest BCUT2D eigenvalue weighted by Crippen LogP contribution is 2.23. The first kappa shape index (κ1) is 19.1. The monoisotopic (exact) mass is 339 g/mol. The minimum absolute atomic E-state index is 0.0244. The van der Waals surface area contributed by atoms with Gasteiger partial charge in [-0.3, -0.25) is 14.7 Å². The molecule has 0 aliphatic heterocycles. The molecule has 4 nitrogen and oxygen atoms in total. The lowest BCUT2D eigenvalue weighted by Gasteiger charge is -2.37. The predicted octanol–water partition coefficient (Wildman–Crippen LogP) is 3.79. The van der Waals surface area contributed by atoms with Crippen molar-refractivity contribution in [3.8, 4) is 0 Å². The third-order valence-corrected chi connectivity index (χ3v) is 4.37. The molecule has 0 aliphatic rings. The molecule has 0 saturated heterocycles. The van der Waals surface area contributed by atoms with Crippen LogP contribution in [-0.4, -0.2) is 34.0 Å². The molecule has 0 saturated carbocycles. The van der Waals surface area contributed by atoms with Gasteiger partial charge in [0.25, 0.3) is 0 Å². The third kappa shape index (κ3) is 4.89. The van der Waals surface area contributed by atoms with Crippen LogP contribution in [0.5, 0.6) is 0 Å². The van der Waals surface area contributed by atoms with E-state index in [-0.39, 0.29) is 12.1 Å². The molecule has 1 heterocycles. The molecular formula is C21H29N3O. The number of carbonyl (C=O) groups excluding carboxylic acids is 1. The Bertz CT molecular complexity index is 608. The quantitative estimate of drug-likeness (QED) is 0.781. The molecule has 1 N–H and O–H groups in total. The molecule has 2 atom stereocenters. The highest BCUT2D eigenvalue weighted by atomic mass is 16.2. The molecule has 134 valence electrons. The van der Waals surface area contributed by atoms with Gasteiger partial charge in [0.2, 0.25) is 5.91 Å². The van der Waals surface area contributed by atoms with Crippen LogP contribution in [0.25, 0.3) is 0 Å². The van der Waals surface area contributed by atoms with Crippen LogP contribution in [0.15, 0.2) is 54.7 Å². The van der Waals surface area contributed by atoms with Gasteiger partial charge >= 0.3 is 0 Å². The summed E-state index contributed by atoms with van der Waals surface area (Å²) in [6.07, 6.45) is 1.68. The average Bonchev–Trinajstić information content (AvgIpc) is 2.56. The van der Waals surface area contributed by atoms with Crippen molar-refractivity contribution in [1.29, 1.82) is 0 Å². The number of nitrogens with zero attached hydrogens (tertiary/aromatic N) is 2. The second-order valence-corrected chi connectivity index (χ2v) is 6.92. The Morgan fingerprint density at radius 1 is 0.920 bits per heavy atom. The fourth-order valence-electron chi connectivity index (χ4n) is 3.50. The largest absolute Gasteiger partial charge is 0.340 e. The average molecular weight is 339 g/mol. The number of amides is 1. The molecule has 2 aromatic rings. The zero-order valence-electron chi connectivity index (χ0n) is 15.8. The van der Waals surface area contributed by atoms with Gasteiger partial charge in [0, 0.05) is 18.3 Å². The summed E-state index contributed by atoms with van der Waals surface area (Å²) in [5.41, 5.74) is 1.71. The van der Waals surface area contributed by atoms with Crippen LogP contribution >= 0.6 is 0 Å². The third-order valence-electron chi connectivity index (χ3n) is 4.37. The van der Waals surface area contributed by atoms with E-state index in [1.807, 2.05) is 55.5 Å². The van der Waals surface area contributed by atoms with Crippen molar-refractivity contribution >= 4 is 5.91 Å². The van der Waals surface area contributed by atoms with Crippen molar-refractivity contribution in [3.63, 3.8) is 0 Å². The minimum atomic E-state index is -0.411. The van der Waals surface area contributed by atoms with E-state index in [9.17, 15) is 4.79 Å². The maximum absolute atomic E-state index is 13.1. The Morgan fingerprint density at radius 2 is 1.52 bits per heavy atom. The number of hydrogen-bond acceptors (Lipinski definition) is 3. The Kier molecular flexibility index (Phi) is 6.71. The van der Waals surface area contributed by atoms with E-state index in [1.165, 1.54) is 0 Å². The molecule has 0 aliphatic carbocycles. The van der Waals surface area contributed by atoms with E-state index in [1.54, 1.807) is 6.20 Å². The second kappa shape index (κ2) is 8.77. The zero-order valence-corrected chi connectivity index (χ0v) is 15.8. The maximum atomic E-state index is 13.1. The first-order valence-corrected chi connectivity index (χ1v) is 8.95. The van der Waals surface area contributed by atoms with Crippen LogP contribution in [-0.2, 0) is 4.79 Å². The standard InChI is InChI=1S/C21H29N3O/c1-15(2)24(16(3)4)17(5)23-21(25)20(18-11-7-6-8-12-18)19-13-9-10-14-22-19/h6-17,20H,1-5H3,(H,23,25). The molecule has 1 amide bonds. The van der Waals surface area contributed by atoms with E-state index in [0.29, 0.717) is 12.1 Å². The van der Waals surface area contributed by atoms with E-state index >= 15 is 0 Å². The van der Waals surface area contributed by atoms with Gasteiger partial charge in [-0.15, -0.1) is 0 Å². The lowest BCUT2D eigenvalue weighted by atomic mass is 9.94. The van der Waals surface area contributed by atoms with Crippen molar-refractivity contribution in [2.75, 3.05) is 0 Å². The van der Waals surface area contributed by atoms with E-state index < -0.39 is 5.92 Å². The molecule has 25 heavy (non-hydrogen) atoms. The Labute approximate surface area is 151 Å². The van der Waals surface area contributed by atoms with Gasteiger partial charge < -0.3 is 5.32 Å². The first-order valence-electron chi connectivity index (χ1n) is 8.95. The van der Waals surface area contributed by atoms with Crippen LogP contribution in [0.1, 0.15) is 51.8 Å². The lowest BCUT2D eigenvalue weighted by molar-refractivity contribution is -0.124. The SMILES string of the molecule is CC(C)N(C(C)C)C(C)NC(=O)C(c1ccccc1)c1ccccn1. The summed E-state index contributed by atoms with van der Waals surface area (Å²) in [5, 5.41) is 3.19. The second-order valence-electron chi connectivity index (χ2n) is 6.92. The van der Waals surface area contributed by atoms with Crippen molar-refractivity contribution in [3.05, 3.63) is 66.0 Å². The van der Waals surface area contributed by atoms with Crippen LogP contribution in [0.4, 0.5) is 0 Å². The van der Waals surface area contributed by atoms with Crippen LogP contribution < -0.4 is 5.32 Å². The molecule has 2 rings (SSSR count). The number of benzene rings is 1. The highest BCUT2D eigenvalue weighted by molar-refractivity contribution is 5.86. The molecule has 4 heteroatoms. The van der Waals surface area contributed by atoms with Gasteiger partial charge in [-0.1, -0.05) is 36.4 Å². The smallest absolute Gasteiger partial charge is 0.234 e. The van der Waals surface area contributed by atoms with Gasteiger partial charge in [-0.2, -0.15) is 0 Å². The molecule has 1 aromatic heterocycles. The summed E-state index contributed by atoms with van der Waals surface area (Å²) in [7, 11) is 0. The van der Waals surface area contributed by atoms with Gasteiger partial charge in [0.1, 0.15) is 5.92 Å². The normalized spacial score (nSPS) is 13.9. The van der Waals surface area contributed by atoms with Gasteiger partial charge in [-0.25, -0.2) is 0 Å². The van der Waals surface area contributed by atoms with Crippen molar-refractivity contribution in [2.45, 2.75) is 58.8 Å². The Hall–Kier alpha value is -2.20. The van der Waals surface area contributed by atoms with Crippen molar-refractivity contribution in [2.24, 2.45) is 0 Å². The number of carbonyl (C=O) groups is 1. The summed E-state index contributed by atoms with van der Waals surface area (Å²) in [6, 6.07) is 16.2. The molecule has 0 spiro atoms. The van der Waals surface area contributed by atoms with Gasteiger partial charge in [-0.05, 0) is 52.3 Å². The van der Waals surface area contributed by atoms with Crippen LogP contribution in [0, 0.1) is 0 Å². The molecule has 2 unspecified atom stereocenters. The Morgan fingerprint density at radius 3 is 2.04 bits per heavy atom. The molecule has 0 bridgehead atoms. The lowest BCUT2D eigenvalue weighted by Crippen LogP contribution is -2.53. The number of pyridine rings is 1. The summed E-state index contributed by atoms with van der Waals surface area (Å²) in [5.74, 6) is -0.435. The Balaban J connectivity index is 2.28. The van der Waals surface area contributed by atoms with E-state index in [0.717, 1.165) is 11.3 Å². The van der Waals surface area contributed by atoms with E-state index in [4.69, 9.17) is 0 Å². The van der Waals surface area contributed by atoms with Gasteiger partial charge in [0.05, 0.1) is 11.9 Å². The number of nitrogens with one attached hydrogen (secondary N) is 1. The maximum Gasteiger partial charge on any atom is 0.234 e. The highest BCUT2D eigenvalue weighted by Gasteiger charge is 2.28. The summed E-state index contributed by atoms with van der Waals surface area (Å²) in [6.45, 7) is 10.6. The van der Waals surface area contributed by atoms with E-state index in [2.05, 4.69) is 42.9 Å². The van der Waals surface area contributed by atoms with Crippen LogP contribution in [0.3, 0.4) is 0 Å². The van der Waals surface area contributed by atoms with Crippen LogP contribution in [0.2, 0.25) is 0 Å². The van der Waals surface area contributed by atoms with Crippen molar-refractivity contribution < 1.29 is 4.79 Å². The molecule has 1 aromatic carbocycles. The summed E-state index contributed by atoms with van der Waals surface area (Å²) >= 11 is 0. The summed E-state index contributed by atoms with van der Waals surface area (Å²) in [4.78, 5) is 19.8. The number of hydrogen-bond donors (Lipinski definition) is 1. The molecule has 0 fully saturated rings. The number of rotatable bonds is 7. The number of aromatic nitrogens is 1. The van der Waals surface area contributed by atoms with Gasteiger partial charge in [0.15, 0.2) is 0 Å². The predicted molar refractivity (Wildman–Crippen MR) is 102 cm³/mol. The minimum Gasteiger partial charge on any atom is -0.340 e. The molecular weight excluding hydrogens is 310 g/mol. The topological polar surface area (TPSA) is 45.2 Å². The molecule has 0 radical (unpaired) electrons. The van der Waals surface area contributed by atoms with Crippen molar-refractivity contribution in [1.82, 2.24) is 15.2 Å². The first-order chi connectivity index (χ1) is 11.9. The summed E-state index contributed by atoms with van der Waals surface area (Å²) < 4.78 is 0. The fraction of sp³-hybridized carbons (Fsp3) is 0.429.